The van der Waals surface area contributed by atoms with Crippen molar-refractivity contribution in [3.8, 4) is 0 Å². The molecule has 0 aromatic heterocycles. The summed E-state index contributed by atoms with van der Waals surface area (Å²) in [4.78, 5) is 45.4. The lowest BCUT2D eigenvalue weighted by Crippen LogP contribution is -2.34. The minimum Gasteiger partial charge on any atom is -0.481 e. The van der Waals surface area contributed by atoms with Gasteiger partial charge in [0, 0.05) is 38.1 Å². The average Bonchev–Trinajstić information content (AvgIpc) is 2.74. The zero-order valence-corrected chi connectivity index (χ0v) is 11.8. The number of imide groups is 1. The van der Waals surface area contributed by atoms with E-state index < -0.39 is 5.97 Å². The highest BCUT2D eigenvalue weighted by Gasteiger charge is 2.23. The molecule has 0 spiro atoms. The maximum Gasteiger partial charge on any atom is 0.303 e. The molecule has 1 aliphatic heterocycles. The van der Waals surface area contributed by atoms with Gasteiger partial charge in [-0.25, -0.2) is 0 Å². The quantitative estimate of drug-likeness (QED) is 0.450. The van der Waals surface area contributed by atoms with Crippen LogP contribution in [-0.2, 0) is 19.2 Å². The number of aliphatic carboxylic acids is 1. The van der Waals surface area contributed by atoms with Gasteiger partial charge in [0.1, 0.15) is 0 Å². The van der Waals surface area contributed by atoms with Crippen LogP contribution >= 0.6 is 0 Å². The van der Waals surface area contributed by atoms with E-state index in [0.29, 0.717) is 13.0 Å². The van der Waals surface area contributed by atoms with Crippen molar-refractivity contribution in [1.29, 1.82) is 0 Å². The van der Waals surface area contributed by atoms with Gasteiger partial charge in [0.15, 0.2) is 0 Å². The highest BCUT2D eigenvalue weighted by molar-refractivity contribution is 6.13. The van der Waals surface area contributed by atoms with Crippen LogP contribution in [0.15, 0.2) is 12.2 Å². The van der Waals surface area contributed by atoms with Crippen LogP contribution < -0.4 is 5.32 Å². The summed E-state index contributed by atoms with van der Waals surface area (Å²) in [5.41, 5.74) is 0. The zero-order valence-electron chi connectivity index (χ0n) is 11.8. The lowest BCUT2D eigenvalue weighted by molar-refractivity contribution is -0.138. The molecule has 0 saturated heterocycles. The van der Waals surface area contributed by atoms with E-state index in [9.17, 15) is 19.2 Å². The number of nitrogens with one attached hydrogen (secondary N) is 1. The summed E-state index contributed by atoms with van der Waals surface area (Å²) < 4.78 is 0. The van der Waals surface area contributed by atoms with E-state index in [1.807, 2.05) is 0 Å². The third-order valence-corrected chi connectivity index (χ3v) is 3.10. The molecule has 0 aromatic carbocycles. The molecule has 0 radical (unpaired) electrons. The van der Waals surface area contributed by atoms with Gasteiger partial charge in [0.05, 0.1) is 0 Å². The number of hydrogen-bond donors (Lipinski definition) is 2. The maximum atomic E-state index is 11.5. The van der Waals surface area contributed by atoms with Gasteiger partial charge in [-0.3, -0.25) is 24.1 Å². The van der Waals surface area contributed by atoms with Crippen molar-refractivity contribution in [3.63, 3.8) is 0 Å². The Balaban J connectivity index is 2.00. The molecule has 7 heteroatoms. The second kappa shape index (κ2) is 8.89. The fourth-order valence-electron chi connectivity index (χ4n) is 1.94. The van der Waals surface area contributed by atoms with Crippen molar-refractivity contribution in [2.24, 2.45) is 0 Å². The summed E-state index contributed by atoms with van der Waals surface area (Å²) in [5, 5.41) is 11.2. The highest BCUT2D eigenvalue weighted by atomic mass is 16.4. The molecule has 1 aliphatic rings. The van der Waals surface area contributed by atoms with Crippen molar-refractivity contribution in [2.45, 2.75) is 38.5 Å². The first-order valence-electron chi connectivity index (χ1n) is 7.02. The molecule has 0 saturated carbocycles. The van der Waals surface area contributed by atoms with Gasteiger partial charge in [-0.1, -0.05) is 12.8 Å². The Hall–Kier alpha value is -2.18. The average molecular weight is 296 g/mol. The van der Waals surface area contributed by atoms with E-state index >= 15 is 0 Å². The number of nitrogens with zero attached hydrogens (tertiary/aromatic N) is 1. The molecule has 3 amide bonds. The molecule has 0 aromatic rings. The van der Waals surface area contributed by atoms with Crippen molar-refractivity contribution >= 4 is 23.7 Å². The number of hydrogen-bond acceptors (Lipinski definition) is 4. The third kappa shape index (κ3) is 6.69. The summed E-state index contributed by atoms with van der Waals surface area (Å²) in [6.07, 6.45) is 5.78. The Kier molecular flexibility index (Phi) is 7.14. The minimum absolute atomic E-state index is 0.0924. The largest absolute Gasteiger partial charge is 0.481 e. The van der Waals surface area contributed by atoms with Gasteiger partial charge in [0.2, 0.25) is 5.91 Å². The van der Waals surface area contributed by atoms with Crippen LogP contribution in [0.3, 0.4) is 0 Å². The number of carboxylic acid groups (broad SMARTS) is 1. The molecule has 0 aliphatic carbocycles. The molecule has 1 heterocycles. The molecule has 116 valence electrons. The summed E-state index contributed by atoms with van der Waals surface area (Å²) in [6.45, 7) is 0.612. The summed E-state index contributed by atoms with van der Waals surface area (Å²) in [7, 11) is 0. The van der Waals surface area contributed by atoms with Gasteiger partial charge < -0.3 is 10.4 Å². The molecule has 21 heavy (non-hydrogen) atoms. The van der Waals surface area contributed by atoms with Crippen molar-refractivity contribution < 1.29 is 24.3 Å². The monoisotopic (exact) mass is 296 g/mol. The van der Waals surface area contributed by atoms with Crippen LogP contribution in [0.25, 0.3) is 0 Å². The number of rotatable bonds is 10. The number of carbonyl (C=O) groups excluding carboxylic acids is 3. The normalized spacial score (nSPS) is 13.8. The smallest absolute Gasteiger partial charge is 0.303 e. The highest BCUT2D eigenvalue weighted by Crippen LogP contribution is 2.04. The molecule has 0 fully saturated rings. The number of unbranched alkanes of at least 4 members (excludes halogenated alkanes) is 3. The van der Waals surface area contributed by atoms with Gasteiger partial charge >= 0.3 is 5.97 Å². The first-order valence-corrected chi connectivity index (χ1v) is 7.02. The van der Waals surface area contributed by atoms with Crippen molar-refractivity contribution in [2.75, 3.05) is 13.1 Å². The molecule has 7 nitrogen and oxygen atoms in total. The number of amides is 3. The Bertz CT molecular complexity index is 427. The topological polar surface area (TPSA) is 104 Å². The van der Waals surface area contributed by atoms with Gasteiger partial charge in [-0.2, -0.15) is 0 Å². The molecule has 2 N–H and O–H groups in total. The van der Waals surface area contributed by atoms with Crippen molar-refractivity contribution in [1.82, 2.24) is 10.2 Å². The summed E-state index contributed by atoms with van der Waals surface area (Å²) in [6, 6.07) is 0. The van der Waals surface area contributed by atoms with Gasteiger partial charge in [0.25, 0.3) is 11.8 Å². The molecular formula is C14H20N2O5. The maximum absolute atomic E-state index is 11.5. The fraction of sp³-hybridized carbons (Fsp3) is 0.571. The standard InChI is InChI=1S/C14H20N2O5/c17-11(8-10-16-12(18)6-7-13(16)19)15-9-4-2-1-3-5-14(20)21/h6-7H,1-5,8-10H2,(H,15,17)(H,20,21). The molecule has 1 rings (SSSR count). The van der Waals surface area contributed by atoms with E-state index in [1.54, 1.807) is 0 Å². The number of carboxylic acids is 1. The van der Waals surface area contributed by atoms with E-state index in [4.69, 9.17) is 5.11 Å². The van der Waals surface area contributed by atoms with Crippen LogP contribution in [-0.4, -0.2) is 46.8 Å². The molecule has 0 unspecified atom stereocenters. The van der Waals surface area contributed by atoms with E-state index in [-0.39, 0.29) is 37.1 Å². The van der Waals surface area contributed by atoms with E-state index in [0.717, 1.165) is 24.2 Å². The first-order chi connectivity index (χ1) is 10.0. The third-order valence-electron chi connectivity index (χ3n) is 3.10. The molecule has 0 atom stereocenters. The first kappa shape index (κ1) is 16.9. The SMILES string of the molecule is O=C(O)CCCCCCNC(=O)CCN1C(=O)C=CC1=O. The molecule has 0 bridgehead atoms. The Morgan fingerprint density at radius 1 is 1.00 bits per heavy atom. The lowest BCUT2D eigenvalue weighted by Gasteiger charge is -2.13. The predicted molar refractivity (Wildman–Crippen MR) is 74.2 cm³/mol. The van der Waals surface area contributed by atoms with Gasteiger partial charge in [-0.05, 0) is 12.8 Å². The van der Waals surface area contributed by atoms with Crippen LogP contribution in [0.1, 0.15) is 38.5 Å². The van der Waals surface area contributed by atoms with Crippen LogP contribution in [0.5, 0.6) is 0 Å². The second-order valence-corrected chi connectivity index (χ2v) is 4.82. The second-order valence-electron chi connectivity index (χ2n) is 4.82. The summed E-state index contributed by atoms with van der Waals surface area (Å²) >= 11 is 0. The fourth-order valence-corrected chi connectivity index (χ4v) is 1.94. The summed E-state index contributed by atoms with van der Waals surface area (Å²) in [5.74, 6) is -1.76. The van der Waals surface area contributed by atoms with Crippen LogP contribution in [0, 0.1) is 0 Å². The minimum atomic E-state index is -0.788. The van der Waals surface area contributed by atoms with E-state index in [1.165, 1.54) is 12.2 Å². The van der Waals surface area contributed by atoms with Gasteiger partial charge in [-0.15, -0.1) is 0 Å². The van der Waals surface area contributed by atoms with Crippen LogP contribution in [0.2, 0.25) is 0 Å². The lowest BCUT2D eigenvalue weighted by atomic mass is 10.1. The molecular weight excluding hydrogens is 276 g/mol. The Morgan fingerprint density at radius 3 is 2.24 bits per heavy atom. The van der Waals surface area contributed by atoms with Crippen LogP contribution in [0.4, 0.5) is 0 Å². The zero-order chi connectivity index (χ0) is 15.7. The predicted octanol–water partition coefficient (Wildman–Crippen LogP) is 0.453. The number of carbonyl (C=O) groups is 4. The Morgan fingerprint density at radius 2 is 1.62 bits per heavy atom. The Labute approximate surface area is 123 Å². The van der Waals surface area contributed by atoms with E-state index in [2.05, 4.69) is 5.32 Å². The van der Waals surface area contributed by atoms with Crippen molar-refractivity contribution in [3.05, 3.63) is 12.2 Å².